The fourth-order valence-electron chi connectivity index (χ4n) is 5.72. The molecule has 0 bridgehead atoms. The van der Waals surface area contributed by atoms with E-state index >= 15 is 0 Å². The molecule has 0 aliphatic carbocycles. The molecule has 5 nitrogen and oxygen atoms in total. The number of carbonyl (C=O) groups excluding carboxylic acids is 1. The van der Waals surface area contributed by atoms with Crippen molar-refractivity contribution < 1.29 is 4.79 Å². The summed E-state index contributed by atoms with van der Waals surface area (Å²) in [5.41, 5.74) is 7.59. The average Bonchev–Trinajstić information content (AvgIpc) is 3.30. The summed E-state index contributed by atoms with van der Waals surface area (Å²) in [5.74, 6) is 1.55. The number of anilines is 3. The zero-order valence-corrected chi connectivity index (χ0v) is 23.9. The fraction of sp³-hybridized carbons (Fsp3) is 0.0789. The van der Waals surface area contributed by atoms with Crippen molar-refractivity contribution in [2.24, 2.45) is 0 Å². The number of rotatable bonds is 7. The summed E-state index contributed by atoms with van der Waals surface area (Å²) in [6, 6.07) is 45.0. The lowest BCUT2D eigenvalue weighted by atomic mass is 10.0. The molecule has 1 amide bonds. The lowest BCUT2D eigenvalue weighted by Crippen LogP contribution is -2.25. The van der Waals surface area contributed by atoms with Crippen LogP contribution in [0.5, 0.6) is 0 Å². The van der Waals surface area contributed by atoms with E-state index in [-0.39, 0.29) is 5.91 Å². The Bertz CT molecular complexity index is 1950. The number of benzene rings is 5. The van der Waals surface area contributed by atoms with Gasteiger partial charge in [0, 0.05) is 28.8 Å². The van der Waals surface area contributed by atoms with Crippen molar-refractivity contribution in [3.63, 3.8) is 0 Å². The van der Waals surface area contributed by atoms with Gasteiger partial charge < -0.3 is 9.80 Å². The molecule has 208 valence electrons. The van der Waals surface area contributed by atoms with E-state index in [0.717, 1.165) is 50.3 Å². The molecular formula is C38H30N4O. The summed E-state index contributed by atoms with van der Waals surface area (Å²) in [4.78, 5) is 27.8. The van der Waals surface area contributed by atoms with Crippen LogP contribution < -0.4 is 9.80 Å². The van der Waals surface area contributed by atoms with Gasteiger partial charge in [-0.2, -0.15) is 0 Å². The first-order valence-corrected chi connectivity index (χ1v) is 14.5. The second-order valence-corrected chi connectivity index (χ2v) is 10.7. The van der Waals surface area contributed by atoms with Gasteiger partial charge in [-0.1, -0.05) is 103 Å². The third kappa shape index (κ3) is 5.29. The average molecular weight is 559 g/mol. The molecule has 1 aliphatic rings. The van der Waals surface area contributed by atoms with Gasteiger partial charge in [0.2, 0.25) is 0 Å². The first kappa shape index (κ1) is 26.4. The first-order valence-electron chi connectivity index (χ1n) is 14.5. The minimum Gasteiger partial charge on any atom is -0.321 e. The molecule has 0 spiro atoms. The largest absolute Gasteiger partial charge is 0.321 e. The molecule has 5 heteroatoms. The third-order valence-electron chi connectivity index (χ3n) is 7.78. The van der Waals surface area contributed by atoms with Gasteiger partial charge in [-0.3, -0.25) is 4.79 Å². The van der Waals surface area contributed by atoms with Crippen LogP contribution in [-0.2, 0) is 17.9 Å². The Morgan fingerprint density at radius 3 is 2.12 bits per heavy atom. The maximum Gasteiger partial charge on any atom is 0.259 e. The number of para-hydroxylation sites is 1. The second-order valence-electron chi connectivity index (χ2n) is 10.7. The number of hydrogen-bond acceptors (Lipinski definition) is 4. The highest BCUT2D eigenvalue weighted by Gasteiger charge is 2.33. The molecule has 0 N–H and O–H groups in total. The van der Waals surface area contributed by atoms with Gasteiger partial charge in [0.1, 0.15) is 11.6 Å². The molecule has 6 aromatic rings. The Morgan fingerprint density at radius 1 is 0.721 bits per heavy atom. The molecule has 1 aliphatic heterocycles. The summed E-state index contributed by atoms with van der Waals surface area (Å²) < 4.78 is 0. The number of aromatic nitrogens is 2. The van der Waals surface area contributed by atoms with E-state index in [1.807, 2.05) is 90.7 Å². The summed E-state index contributed by atoms with van der Waals surface area (Å²) in [6.07, 6.45) is 2.00. The van der Waals surface area contributed by atoms with Crippen molar-refractivity contribution in [1.82, 2.24) is 9.97 Å². The van der Waals surface area contributed by atoms with E-state index in [1.54, 1.807) is 0 Å². The van der Waals surface area contributed by atoms with Crippen molar-refractivity contribution in [1.29, 1.82) is 0 Å². The summed E-state index contributed by atoms with van der Waals surface area (Å²) >= 11 is 0. The fourth-order valence-corrected chi connectivity index (χ4v) is 5.72. The number of nitrogens with zero attached hydrogens (tertiary/aromatic N) is 4. The zero-order valence-electron chi connectivity index (χ0n) is 23.9. The highest BCUT2D eigenvalue weighted by molar-refractivity contribution is 6.36. The minimum atomic E-state index is -0.00204. The molecule has 0 unspecified atom stereocenters. The maximum absolute atomic E-state index is 14.1. The van der Waals surface area contributed by atoms with Crippen LogP contribution >= 0.6 is 0 Å². The highest BCUT2D eigenvalue weighted by Crippen LogP contribution is 2.42. The Balaban J connectivity index is 1.40. The SMILES string of the molecule is Cc1nc(N(Cc2ccccc2)c2ccc3c(c2)C(=Cc2ccccc2)C(=O)N3Cc2ccccc2)c2ccccc2n1. The smallest absolute Gasteiger partial charge is 0.259 e. The zero-order chi connectivity index (χ0) is 29.2. The molecule has 0 fully saturated rings. The van der Waals surface area contributed by atoms with Crippen molar-refractivity contribution in [3.8, 4) is 0 Å². The molecule has 0 radical (unpaired) electrons. The number of hydrogen-bond donors (Lipinski definition) is 0. The molecular weight excluding hydrogens is 528 g/mol. The van der Waals surface area contributed by atoms with Gasteiger partial charge in [0.15, 0.2) is 0 Å². The monoisotopic (exact) mass is 558 g/mol. The lowest BCUT2D eigenvalue weighted by molar-refractivity contribution is -0.113. The topological polar surface area (TPSA) is 49.3 Å². The van der Waals surface area contributed by atoms with Gasteiger partial charge in [0.05, 0.1) is 17.7 Å². The van der Waals surface area contributed by atoms with Crippen LogP contribution in [0, 0.1) is 6.92 Å². The van der Waals surface area contributed by atoms with E-state index in [9.17, 15) is 4.79 Å². The van der Waals surface area contributed by atoms with Gasteiger partial charge in [-0.15, -0.1) is 0 Å². The second kappa shape index (κ2) is 11.4. The predicted octanol–water partition coefficient (Wildman–Crippen LogP) is 8.36. The molecule has 0 saturated carbocycles. The Labute approximate surface area is 251 Å². The van der Waals surface area contributed by atoms with E-state index in [4.69, 9.17) is 9.97 Å². The number of fused-ring (bicyclic) bond motifs is 2. The van der Waals surface area contributed by atoms with E-state index in [1.165, 1.54) is 0 Å². The first-order chi connectivity index (χ1) is 21.1. The number of carbonyl (C=O) groups is 1. The van der Waals surface area contributed by atoms with Crippen molar-refractivity contribution >= 4 is 45.7 Å². The van der Waals surface area contributed by atoms with Crippen LogP contribution in [0.15, 0.2) is 133 Å². The normalized spacial score (nSPS) is 13.5. The van der Waals surface area contributed by atoms with Gasteiger partial charge >= 0.3 is 0 Å². The maximum atomic E-state index is 14.1. The van der Waals surface area contributed by atoms with Crippen LogP contribution in [0.25, 0.3) is 22.6 Å². The van der Waals surface area contributed by atoms with Crippen molar-refractivity contribution in [2.45, 2.75) is 20.0 Å². The molecule has 1 aromatic heterocycles. The number of aryl methyl sites for hydroxylation is 1. The predicted molar refractivity (Wildman–Crippen MR) is 175 cm³/mol. The lowest BCUT2D eigenvalue weighted by Gasteiger charge is -2.26. The molecule has 5 aromatic carbocycles. The summed E-state index contributed by atoms with van der Waals surface area (Å²) in [5, 5.41) is 0.978. The minimum absolute atomic E-state index is 0.00204. The van der Waals surface area contributed by atoms with Crippen molar-refractivity contribution in [2.75, 3.05) is 9.80 Å². The Kier molecular flexibility index (Phi) is 6.97. The summed E-state index contributed by atoms with van der Waals surface area (Å²) in [6.45, 7) is 3.04. The van der Waals surface area contributed by atoms with E-state index < -0.39 is 0 Å². The van der Waals surface area contributed by atoms with E-state index in [2.05, 4.69) is 65.6 Å². The van der Waals surface area contributed by atoms with E-state index in [0.29, 0.717) is 24.5 Å². The summed E-state index contributed by atoms with van der Waals surface area (Å²) in [7, 11) is 0. The molecule has 2 heterocycles. The molecule has 0 saturated heterocycles. The van der Waals surface area contributed by atoms with Crippen LogP contribution in [0.4, 0.5) is 17.2 Å². The highest BCUT2D eigenvalue weighted by atomic mass is 16.2. The van der Waals surface area contributed by atoms with Crippen LogP contribution in [0.3, 0.4) is 0 Å². The van der Waals surface area contributed by atoms with Gasteiger partial charge in [-0.05, 0) is 60.0 Å². The Hall–Kier alpha value is -5.55. The van der Waals surface area contributed by atoms with Crippen molar-refractivity contribution in [3.05, 3.63) is 162 Å². The third-order valence-corrected chi connectivity index (χ3v) is 7.78. The van der Waals surface area contributed by atoms with Crippen LogP contribution in [-0.4, -0.2) is 15.9 Å². The standard InChI is InChI=1S/C38H30N4O/c1-27-39-35-20-12-11-19-32(35)37(40-27)41(25-29-15-7-3-8-16-29)31-21-22-36-33(24-31)34(23-28-13-5-2-6-14-28)38(43)42(36)26-30-17-9-4-10-18-30/h2-24H,25-26H2,1H3. The van der Waals surface area contributed by atoms with Gasteiger partial charge in [0.25, 0.3) is 5.91 Å². The molecule has 43 heavy (non-hydrogen) atoms. The number of amides is 1. The van der Waals surface area contributed by atoms with Gasteiger partial charge in [-0.25, -0.2) is 9.97 Å². The van der Waals surface area contributed by atoms with Crippen LogP contribution in [0.2, 0.25) is 0 Å². The van der Waals surface area contributed by atoms with Crippen LogP contribution in [0.1, 0.15) is 28.1 Å². The Morgan fingerprint density at radius 2 is 1.37 bits per heavy atom. The molecule has 7 rings (SSSR count). The quantitative estimate of drug-likeness (QED) is 0.185. The molecule has 0 atom stereocenters.